The summed E-state index contributed by atoms with van der Waals surface area (Å²) in [7, 11) is 1.87. The van der Waals surface area contributed by atoms with Gasteiger partial charge in [0.2, 0.25) is 17.7 Å². The quantitative estimate of drug-likeness (QED) is 0.347. The fourth-order valence-electron chi connectivity index (χ4n) is 6.84. The first kappa shape index (κ1) is 37.2. The van der Waals surface area contributed by atoms with Crippen molar-refractivity contribution in [3.8, 4) is 0 Å². The van der Waals surface area contributed by atoms with E-state index in [1.54, 1.807) is 0 Å². The van der Waals surface area contributed by atoms with Gasteiger partial charge in [0, 0.05) is 44.1 Å². The second kappa shape index (κ2) is 16.4. The van der Waals surface area contributed by atoms with Gasteiger partial charge >= 0.3 is 0 Å². The molecule has 0 radical (unpaired) electrons. The molecule has 2 heterocycles. The van der Waals surface area contributed by atoms with E-state index in [4.69, 9.17) is 9.90 Å². The molecule has 3 amide bonds. The molecule has 1 aromatic carbocycles. The number of nitrogens with one attached hydrogen (secondary N) is 1. The molecule has 0 spiro atoms. The lowest BCUT2D eigenvalue weighted by Gasteiger charge is -2.41. The summed E-state index contributed by atoms with van der Waals surface area (Å²) in [6, 6.07) is 9.32. The molecule has 2 N–H and O–H groups in total. The maximum absolute atomic E-state index is 14.2. The number of benzene rings is 1. The summed E-state index contributed by atoms with van der Waals surface area (Å²) in [6.07, 6.45) is 4.74. The van der Waals surface area contributed by atoms with Crippen LogP contribution in [0.15, 0.2) is 30.3 Å². The molecule has 44 heavy (non-hydrogen) atoms. The van der Waals surface area contributed by atoms with Gasteiger partial charge in [-0.1, -0.05) is 85.7 Å². The van der Waals surface area contributed by atoms with Crippen molar-refractivity contribution in [2.24, 2.45) is 17.3 Å². The molecule has 0 unspecified atom stereocenters. The van der Waals surface area contributed by atoms with Gasteiger partial charge in [0.25, 0.3) is 6.47 Å². The third kappa shape index (κ3) is 9.29. The predicted molar refractivity (Wildman–Crippen MR) is 175 cm³/mol. The largest absolute Gasteiger partial charge is 0.483 e. The highest BCUT2D eigenvalue weighted by atomic mass is 16.3. The van der Waals surface area contributed by atoms with Crippen LogP contribution in [0.25, 0.3) is 0 Å². The smallest absolute Gasteiger partial charge is 0.290 e. The number of carboxylic acid groups (broad SMARTS) is 1. The molecular weight excluding hydrogens is 556 g/mol. The van der Waals surface area contributed by atoms with Crippen LogP contribution >= 0.6 is 0 Å². The van der Waals surface area contributed by atoms with Gasteiger partial charge in [-0.15, -0.1) is 0 Å². The summed E-state index contributed by atoms with van der Waals surface area (Å²) >= 11 is 0. The van der Waals surface area contributed by atoms with Gasteiger partial charge in [-0.05, 0) is 55.5 Å². The molecular formula is C35H58N4O5. The Hall–Kier alpha value is -2.94. The van der Waals surface area contributed by atoms with Crippen molar-refractivity contribution in [1.82, 2.24) is 20.0 Å². The highest BCUT2D eigenvalue weighted by molar-refractivity contribution is 5.90. The average Bonchev–Trinajstić information content (AvgIpc) is 3.67. The number of rotatable bonds is 11. The lowest BCUT2D eigenvalue weighted by Crippen LogP contribution is -2.60. The van der Waals surface area contributed by atoms with Gasteiger partial charge < -0.3 is 20.2 Å². The van der Waals surface area contributed by atoms with Crippen LogP contribution < -0.4 is 5.32 Å². The summed E-state index contributed by atoms with van der Waals surface area (Å²) < 4.78 is 0. The molecule has 2 aliphatic rings. The van der Waals surface area contributed by atoms with E-state index >= 15 is 0 Å². The Labute approximate surface area is 265 Å². The van der Waals surface area contributed by atoms with E-state index in [9.17, 15) is 14.4 Å². The maximum atomic E-state index is 14.2. The minimum Gasteiger partial charge on any atom is -0.483 e. The highest BCUT2D eigenvalue weighted by Crippen LogP contribution is 2.35. The van der Waals surface area contributed by atoms with Crippen molar-refractivity contribution in [1.29, 1.82) is 0 Å². The van der Waals surface area contributed by atoms with Crippen molar-refractivity contribution in [2.45, 2.75) is 111 Å². The number of likely N-dealkylation sites (N-methyl/N-ethyl adjacent to an activating group) is 1. The second-order valence-electron chi connectivity index (χ2n) is 14.4. The van der Waals surface area contributed by atoms with Gasteiger partial charge in [-0.2, -0.15) is 0 Å². The first-order chi connectivity index (χ1) is 20.6. The normalized spacial score (nSPS) is 19.5. The van der Waals surface area contributed by atoms with Crippen LogP contribution in [0.3, 0.4) is 0 Å². The molecule has 0 bridgehead atoms. The monoisotopic (exact) mass is 614 g/mol. The minimum absolute atomic E-state index is 0.0704. The summed E-state index contributed by atoms with van der Waals surface area (Å²) in [5.41, 5.74) is 0.255. The fourth-order valence-corrected chi connectivity index (χ4v) is 6.84. The molecule has 0 aliphatic carbocycles. The van der Waals surface area contributed by atoms with Crippen molar-refractivity contribution in [3.05, 3.63) is 35.9 Å². The lowest BCUT2D eigenvalue weighted by atomic mass is 9.71. The molecule has 4 atom stereocenters. The summed E-state index contributed by atoms with van der Waals surface area (Å²) in [5.74, 6) is 0.0148. The molecule has 2 saturated heterocycles. The van der Waals surface area contributed by atoms with Crippen LogP contribution in [0.4, 0.5) is 0 Å². The summed E-state index contributed by atoms with van der Waals surface area (Å²) in [4.78, 5) is 55.9. The van der Waals surface area contributed by atoms with E-state index in [0.29, 0.717) is 13.0 Å². The molecule has 9 heteroatoms. The summed E-state index contributed by atoms with van der Waals surface area (Å²) in [5, 5.41) is 10.1. The van der Waals surface area contributed by atoms with Gasteiger partial charge in [0.15, 0.2) is 0 Å². The van der Waals surface area contributed by atoms with Crippen LogP contribution in [-0.4, -0.2) is 95.4 Å². The molecule has 2 aliphatic heterocycles. The highest BCUT2D eigenvalue weighted by Gasteiger charge is 2.43. The van der Waals surface area contributed by atoms with E-state index in [1.165, 1.54) is 0 Å². The Bertz CT molecular complexity index is 1080. The van der Waals surface area contributed by atoms with Crippen LogP contribution in [0.5, 0.6) is 0 Å². The van der Waals surface area contributed by atoms with E-state index in [1.807, 2.05) is 62.7 Å². The number of hydrogen-bond acceptors (Lipinski definition) is 5. The Kier molecular flexibility index (Phi) is 13.9. The number of amides is 3. The Balaban J connectivity index is 0.00000216. The Morgan fingerprint density at radius 3 is 2.09 bits per heavy atom. The van der Waals surface area contributed by atoms with Crippen molar-refractivity contribution in [2.75, 3.05) is 33.2 Å². The number of carbonyl (C=O) groups excluding carboxylic acids is 3. The van der Waals surface area contributed by atoms with E-state index in [-0.39, 0.29) is 53.5 Å². The molecule has 1 aromatic rings. The zero-order chi connectivity index (χ0) is 33.2. The SMILES string of the molecule is CC[C@H](C(=O)N[C@H](C(=O)N(C)[C@H](CN1CCC[C@H]1C(=O)N1CCCC1)C(C)C)C(C)(C)C)C(C)(C)c1ccccc1.O=CO. The first-order valence-corrected chi connectivity index (χ1v) is 16.3. The maximum Gasteiger partial charge on any atom is 0.290 e. The zero-order valence-corrected chi connectivity index (χ0v) is 28.6. The number of hydrogen-bond donors (Lipinski definition) is 2. The van der Waals surface area contributed by atoms with E-state index in [0.717, 1.165) is 50.9 Å². The summed E-state index contributed by atoms with van der Waals surface area (Å²) in [6.45, 7) is 19.6. The third-order valence-electron chi connectivity index (χ3n) is 9.62. The number of carbonyl (C=O) groups is 4. The molecule has 0 aromatic heterocycles. The van der Waals surface area contributed by atoms with E-state index < -0.39 is 11.5 Å². The molecule has 9 nitrogen and oxygen atoms in total. The molecule has 0 saturated carbocycles. The van der Waals surface area contributed by atoms with Crippen LogP contribution in [0.2, 0.25) is 0 Å². The fraction of sp³-hybridized carbons (Fsp3) is 0.714. The standard InChI is InChI=1S/C34H56N4O3.CH2O2/c1-10-26(34(7,8)25-17-12-11-13-18-25)30(39)35-29(33(4,5)6)32(41)36(9)28(24(2)3)23-38-22-16-19-27(38)31(40)37-20-14-15-21-37;2-1-3/h11-13,17-18,24,26-29H,10,14-16,19-23H2,1-9H3,(H,35,39);1H,(H,2,3)/t26-,27+,28-,29-;/m1./s1. The van der Waals surface area contributed by atoms with Gasteiger partial charge in [0.1, 0.15) is 6.04 Å². The van der Waals surface area contributed by atoms with Crippen LogP contribution in [0.1, 0.15) is 93.1 Å². The van der Waals surface area contributed by atoms with Crippen LogP contribution in [-0.2, 0) is 24.6 Å². The van der Waals surface area contributed by atoms with Crippen molar-refractivity contribution < 1.29 is 24.3 Å². The Morgan fingerprint density at radius 1 is 1.02 bits per heavy atom. The van der Waals surface area contributed by atoms with Crippen molar-refractivity contribution in [3.63, 3.8) is 0 Å². The molecule has 248 valence electrons. The third-order valence-corrected chi connectivity index (χ3v) is 9.62. The zero-order valence-electron chi connectivity index (χ0n) is 28.6. The van der Waals surface area contributed by atoms with Gasteiger partial charge in [-0.3, -0.25) is 24.1 Å². The predicted octanol–water partition coefficient (Wildman–Crippen LogP) is 4.79. The van der Waals surface area contributed by atoms with Gasteiger partial charge in [-0.25, -0.2) is 0 Å². The lowest BCUT2D eigenvalue weighted by molar-refractivity contribution is -0.143. The average molecular weight is 615 g/mol. The second-order valence-corrected chi connectivity index (χ2v) is 14.4. The van der Waals surface area contributed by atoms with E-state index in [2.05, 4.69) is 50.0 Å². The topological polar surface area (TPSA) is 110 Å². The number of likely N-dealkylation sites (tertiary alicyclic amines) is 2. The Morgan fingerprint density at radius 2 is 1.59 bits per heavy atom. The first-order valence-electron chi connectivity index (χ1n) is 16.3. The number of nitrogens with zero attached hydrogens (tertiary/aromatic N) is 3. The molecule has 3 rings (SSSR count). The molecule has 2 fully saturated rings. The van der Waals surface area contributed by atoms with Crippen LogP contribution in [0, 0.1) is 17.3 Å². The minimum atomic E-state index is -0.664. The van der Waals surface area contributed by atoms with Gasteiger partial charge in [0.05, 0.1) is 6.04 Å². The van der Waals surface area contributed by atoms with Crippen molar-refractivity contribution >= 4 is 24.2 Å².